The van der Waals surface area contributed by atoms with Crippen molar-refractivity contribution >= 4 is 39.0 Å². The standard InChI is InChI=1S/C10H6BrClFN3O/c11-5-1-2-6(13)7(3-5)16-9-8(12)10(17)15-4-14-9/h1-4H,(H2,14,15,16,17). The maximum Gasteiger partial charge on any atom is 0.271 e. The molecule has 0 aliphatic heterocycles. The fourth-order valence-electron chi connectivity index (χ4n) is 1.19. The molecule has 2 aromatic rings. The van der Waals surface area contributed by atoms with Gasteiger partial charge >= 0.3 is 0 Å². The number of halogens is 3. The van der Waals surface area contributed by atoms with Gasteiger partial charge in [-0.25, -0.2) is 9.37 Å². The van der Waals surface area contributed by atoms with Crippen molar-refractivity contribution < 1.29 is 4.39 Å². The van der Waals surface area contributed by atoms with Gasteiger partial charge in [0.05, 0.1) is 12.0 Å². The van der Waals surface area contributed by atoms with E-state index in [9.17, 15) is 9.18 Å². The van der Waals surface area contributed by atoms with Crippen molar-refractivity contribution in [2.24, 2.45) is 0 Å². The lowest BCUT2D eigenvalue weighted by atomic mass is 10.3. The molecule has 0 fully saturated rings. The second-order valence-electron chi connectivity index (χ2n) is 3.14. The van der Waals surface area contributed by atoms with Crippen LogP contribution in [0.5, 0.6) is 0 Å². The Morgan fingerprint density at radius 3 is 3.00 bits per heavy atom. The number of rotatable bonds is 2. The number of nitrogens with zero attached hydrogens (tertiary/aromatic N) is 1. The molecule has 2 rings (SSSR count). The van der Waals surface area contributed by atoms with Gasteiger partial charge < -0.3 is 10.3 Å². The van der Waals surface area contributed by atoms with Crippen molar-refractivity contribution in [3.8, 4) is 0 Å². The van der Waals surface area contributed by atoms with Crippen LogP contribution in [0.1, 0.15) is 0 Å². The highest BCUT2D eigenvalue weighted by molar-refractivity contribution is 9.10. The first-order chi connectivity index (χ1) is 8.08. The smallest absolute Gasteiger partial charge is 0.271 e. The van der Waals surface area contributed by atoms with E-state index in [4.69, 9.17) is 11.6 Å². The highest BCUT2D eigenvalue weighted by Crippen LogP contribution is 2.24. The zero-order valence-electron chi connectivity index (χ0n) is 8.30. The predicted octanol–water partition coefficient (Wildman–Crippen LogP) is 3.07. The number of H-pyrrole nitrogens is 1. The van der Waals surface area contributed by atoms with Crippen molar-refractivity contribution in [1.82, 2.24) is 9.97 Å². The van der Waals surface area contributed by atoms with Gasteiger partial charge in [0.2, 0.25) is 0 Å². The van der Waals surface area contributed by atoms with E-state index >= 15 is 0 Å². The summed E-state index contributed by atoms with van der Waals surface area (Å²) in [4.78, 5) is 17.3. The average Bonchev–Trinajstić information content (AvgIpc) is 2.30. The van der Waals surface area contributed by atoms with Gasteiger partial charge in [-0.05, 0) is 18.2 Å². The summed E-state index contributed by atoms with van der Waals surface area (Å²) in [6.07, 6.45) is 1.19. The fraction of sp³-hybridized carbons (Fsp3) is 0. The van der Waals surface area contributed by atoms with E-state index < -0.39 is 11.4 Å². The Labute approximate surface area is 109 Å². The predicted molar refractivity (Wildman–Crippen MR) is 67.3 cm³/mol. The third-order valence-corrected chi connectivity index (χ3v) is 2.82. The van der Waals surface area contributed by atoms with Gasteiger partial charge in [0.25, 0.3) is 5.56 Å². The van der Waals surface area contributed by atoms with Crippen LogP contribution < -0.4 is 10.9 Å². The van der Waals surface area contributed by atoms with Gasteiger partial charge in [-0.2, -0.15) is 0 Å². The molecule has 88 valence electrons. The summed E-state index contributed by atoms with van der Waals surface area (Å²) in [5.41, 5.74) is -0.307. The highest BCUT2D eigenvalue weighted by Gasteiger charge is 2.09. The van der Waals surface area contributed by atoms with Crippen LogP contribution in [0.2, 0.25) is 5.02 Å². The van der Waals surface area contributed by atoms with Crippen molar-refractivity contribution in [3.05, 3.63) is 50.2 Å². The van der Waals surface area contributed by atoms with Crippen LogP contribution in [0.3, 0.4) is 0 Å². The Hall–Kier alpha value is -1.40. The summed E-state index contributed by atoms with van der Waals surface area (Å²) < 4.78 is 14.1. The van der Waals surface area contributed by atoms with E-state index in [0.717, 1.165) is 0 Å². The maximum absolute atomic E-state index is 13.4. The molecule has 7 heteroatoms. The minimum absolute atomic E-state index is 0.104. The van der Waals surface area contributed by atoms with Crippen LogP contribution in [-0.4, -0.2) is 9.97 Å². The SMILES string of the molecule is O=c1[nH]cnc(Nc2cc(Br)ccc2F)c1Cl. The molecular formula is C10H6BrClFN3O. The number of aromatic nitrogens is 2. The lowest BCUT2D eigenvalue weighted by Gasteiger charge is -2.07. The summed E-state index contributed by atoms with van der Waals surface area (Å²) in [6.45, 7) is 0. The van der Waals surface area contributed by atoms with E-state index in [1.54, 1.807) is 6.07 Å². The van der Waals surface area contributed by atoms with Crippen molar-refractivity contribution in [2.45, 2.75) is 0 Å². The summed E-state index contributed by atoms with van der Waals surface area (Å²) in [6, 6.07) is 4.37. The summed E-state index contributed by atoms with van der Waals surface area (Å²) in [5, 5.41) is 2.54. The molecule has 17 heavy (non-hydrogen) atoms. The molecule has 0 saturated carbocycles. The van der Waals surface area contributed by atoms with E-state index in [1.165, 1.54) is 18.5 Å². The third-order valence-electron chi connectivity index (χ3n) is 1.98. The Bertz CT molecular complexity index is 617. The number of hydrogen-bond acceptors (Lipinski definition) is 3. The zero-order chi connectivity index (χ0) is 12.4. The molecule has 0 amide bonds. The first kappa shape index (κ1) is 12.1. The number of hydrogen-bond donors (Lipinski definition) is 2. The van der Waals surface area contributed by atoms with Gasteiger partial charge in [-0.15, -0.1) is 0 Å². The van der Waals surface area contributed by atoms with Crippen LogP contribution in [-0.2, 0) is 0 Å². The van der Waals surface area contributed by atoms with Crippen molar-refractivity contribution in [3.63, 3.8) is 0 Å². The van der Waals surface area contributed by atoms with E-state index in [-0.39, 0.29) is 16.5 Å². The molecule has 0 saturated heterocycles. The van der Waals surface area contributed by atoms with Gasteiger partial charge in [-0.1, -0.05) is 27.5 Å². The summed E-state index contributed by atoms with van der Waals surface area (Å²) in [5.74, 6) is -0.362. The molecule has 0 aliphatic carbocycles. The normalized spacial score (nSPS) is 10.3. The summed E-state index contributed by atoms with van der Waals surface area (Å²) >= 11 is 8.95. The zero-order valence-corrected chi connectivity index (χ0v) is 10.6. The van der Waals surface area contributed by atoms with E-state index in [0.29, 0.717) is 4.47 Å². The van der Waals surface area contributed by atoms with Gasteiger partial charge in [0, 0.05) is 4.47 Å². The van der Waals surface area contributed by atoms with Crippen LogP contribution >= 0.6 is 27.5 Å². The minimum atomic E-state index is -0.487. The van der Waals surface area contributed by atoms with Gasteiger partial charge in [0.1, 0.15) is 10.8 Å². The van der Waals surface area contributed by atoms with Crippen molar-refractivity contribution in [2.75, 3.05) is 5.32 Å². The molecule has 0 atom stereocenters. The quantitative estimate of drug-likeness (QED) is 0.894. The molecule has 0 unspecified atom stereocenters. The molecule has 0 bridgehead atoms. The van der Waals surface area contributed by atoms with Crippen LogP contribution in [0.15, 0.2) is 33.8 Å². The molecule has 0 spiro atoms. The van der Waals surface area contributed by atoms with Crippen molar-refractivity contribution in [1.29, 1.82) is 0 Å². The molecule has 4 nitrogen and oxygen atoms in total. The van der Waals surface area contributed by atoms with Crippen LogP contribution in [0.25, 0.3) is 0 Å². The average molecular weight is 319 g/mol. The van der Waals surface area contributed by atoms with Crippen LogP contribution in [0.4, 0.5) is 15.9 Å². The fourth-order valence-corrected chi connectivity index (χ4v) is 1.70. The molecular weight excluding hydrogens is 312 g/mol. The maximum atomic E-state index is 13.4. The van der Waals surface area contributed by atoms with E-state index in [2.05, 4.69) is 31.2 Å². The number of benzene rings is 1. The monoisotopic (exact) mass is 317 g/mol. The van der Waals surface area contributed by atoms with Gasteiger partial charge in [-0.3, -0.25) is 4.79 Å². The lowest BCUT2D eigenvalue weighted by molar-refractivity contribution is 0.631. The number of aromatic amines is 1. The van der Waals surface area contributed by atoms with Crippen LogP contribution in [0, 0.1) is 5.82 Å². The first-order valence-electron chi connectivity index (χ1n) is 4.53. The van der Waals surface area contributed by atoms with E-state index in [1.807, 2.05) is 0 Å². The Morgan fingerprint density at radius 1 is 1.47 bits per heavy atom. The molecule has 1 heterocycles. The van der Waals surface area contributed by atoms with Gasteiger partial charge in [0.15, 0.2) is 5.82 Å². The lowest BCUT2D eigenvalue weighted by Crippen LogP contribution is -2.10. The molecule has 0 radical (unpaired) electrons. The molecule has 0 aliphatic rings. The number of anilines is 2. The summed E-state index contributed by atoms with van der Waals surface area (Å²) in [7, 11) is 0. The molecule has 1 aromatic carbocycles. The molecule has 2 N–H and O–H groups in total. The Morgan fingerprint density at radius 2 is 2.24 bits per heavy atom. The third kappa shape index (κ3) is 2.65. The topological polar surface area (TPSA) is 57.8 Å². The molecule has 1 aromatic heterocycles. The first-order valence-corrected chi connectivity index (χ1v) is 5.70. The highest BCUT2D eigenvalue weighted by atomic mass is 79.9. The Kier molecular flexibility index (Phi) is 3.44. The second kappa shape index (κ2) is 4.85. The Balaban J connectivity index is 2.41. The number of nitrogens with one attached hydrogen (secondary N) is 2. The second-order valence-corrected chi connectivity index (χ2v) is 4.44. The largest absolute Gasteiger partial charge is 0.336 e. The minimum Gasteiger partial charge on any atom is -0.336 e.